The standard InChI is InChI=1S/C22H17NO4S/c1-26-17-12-14-8-4-3-7-13(14)11-16(17)21(24)23-19-15-9-5-6-10-18(15)28-20(19)22(25)27-2/h3-12H,1-2H3,(H,23,24). The normalized spacial score (nSPS) is 10.8. The van der Waals surface area contributed by atoms with Crippen molar-refractivity contribution in [3.05, 3.63) is 71.1 Å². The average Bonchev–Trinajstić information content (AvgIpc) is 3.10. The van der Waals surface area contributed by atoms with Gasteiger partial charge in [0.15, 0.2) is 0 Å². The first-order valence-electron chi connectivity index (χ1n) is 8.60. The maximum absolute atomic E-state index is 13.1. The van der Waals surface area contributed by atoms with Crippen LogP contribution in [-0.4, -0.2) is 26.1 Å². The summed E-state index contributed by atoms with van der Waals surface area (Å²) < 4.78 is 11.2. The molecule has 4 rings (SSSR count). The third-order valence-electron chi connectivity index (χ3n) is 4.52. The number of carbonyl (C=O) groups is 2. The van der Waals surface area contributed by atoms with Crippen LogP contribution in [0.4, 0.5) is 5.69 Å². The van der Waals surface area contributed by atoms with Crippen molar-refractivity contribution in [2.24, 2.45) is 0 Å². The summed E-state index contributed by atoms with van der Waals surface area (Å²) in [6.45, 7) is 0. The molecule has 0 bridgehead atoms. The van der Waals surface area contributed by atoms with E-state index in [-0.39, 0.29) is 5.91 Å². The lowest BCUT2D eigenvalue weighted by Crippen LogP contribution is -2.15. The number of esters is 1. The number of hydrogen-bond donors (Lipinski definition) is 1. The number of anilines is 1. The molecule has 0 unspecified atom stereocenters. The molecule has 0 saturated heterocycles. The Balaban J connectivity index is 1.81. The molecule has 4 aromatic rings. The number of methoxy groups -OCH3 is 2. The highest BCUT2D eigenvalue weighted by Gasteiger charge is 2.22. The monoisotopic (exact) mass is 391 g/mol. The summed E-state index contributed by atoms with van der Waals surface area (Å²) in [5.74, 6) is -0.367. The predicted molar refractivity (Wildman–Crippen MR) is 112 cm³/mol. The fraction of sp³-hybridized carbons (Fsp3) is 0.0909. The third kappa shape index (κ3) is 3.08. The van der Waals surface area contributed by atoms with Crippen molar-refractivity contribution < 1.29 is 19.1 Å². The molecule has 1 aromatic heterocycles. The van der Waals surface area contributed by atoms with Crippen LogP contribution in [0.2, 0.25) is 0 Å². The number of nitrogens with one attached hydrogen (secondary N) is 1. The molecule has 3 aromatic carbocycles. The fourth-order valence-electron chi connectivity index (χ4n) is 3.15. The van der Waals surface area contributed by atoms with E-state index in [1.165, 1.54) is 25.6 Å². The van der Waals surface area contributed by atoms with E-state index in [4.69, 9.17) is 9.47 Å². The minimum Gasteiger partial charge on any atom is -0.496 e. The largest absolute Gasteiger partial charge is 0.496 e. The topological polar surface area (TPSA) is 64.6 Å². The van der Waals surface area contributed by atoms with Crippen molar-refractivity contribution in [3.63, 3.8) is 0 Å². The third-order valence-corrected chi connectivity index (χ3v) is 5.67. The van der Waals surface area contributed by atoms with Crippen LogP contribution in [0.5, 0.6) is 5.75 Å². The van der Waals surface area contributed by atoms with E-state index in [0.29, 0.717) is 21.9 Å². The summed E-state index contributed by atoms with van der Waals surface area (Å²) in [7, 11) is 2.85. The minimum atomic E-state index is -0.484. The Hall–Kier alpha value is -3.38. The fourth-order valence-corrected chi connectivity index (χ4v) is 4.23. The van der Waals surface area contributed by atoms with Crippen molar-refractivity contribution in [3.8, 4) is 5.75 Å². The second-order valence-corrected chi connectivity index (χ2v) is 7.20. The summed E-state index contributed by atoms with van der Waals surface area (Å²) >= 11 is 1.29. The number of thiophene rings is 1. The van der Waals surface area contributed by atoms with Gasteiger partial charge in [-0.05, 0) is 29.0 Å². The lowest BCUT2D eigenvalue weighted by Gasteiger charge is -2.12. The molecule has 6 heteroatoms. The summed E-state index contributed by atoms with van der Waals surface area (Å²) in [4.78, 5) is 25.7. The quantitative estimate of drug-likeness (QED) is 0.492. The zero-order chi connectivity index (χ0) is 19.7. The first-order chi connectivity index (χ1) is 13.6. The first kappa shape index (κ1) is 18.0. The molecule has 28 heavy (non-hydrogen) atoms. The predicted octanol–water partition coefficient (Wildman–Crippen LogP) is 5.10. The SMILES string of the molecule is COC(=O)c1sc2ccccc2c1NC(=O)c1cc2ccccc2cc1OC. The van der Waals surface area contributed by atoms with Gasteiger partial charge in [0.2, 0.25) is 0 Å². The highest BCUT2D eigenvalue weighted by Crippen LogP contribution is 2.37. The molecule has 0 spiro atoms. The van der Waals surface area contributed by atoms with Gasteiger partial charge in [0.25, 0.3) is 5.91 Å². The van der Waals surface area contributed by atoms with E-state index < -0.39 is 5.97 Å². The minimum absolute atomic E-state index is 0.351. The maximum Gasteiger partial charge on any atom is 0.350 e. The number of hydrogen-bond acceptors (Lipinski definition) is 5. The van der Waals surface area contributed by atoms with Gasteiger partial charge in [0, 0.05) is 10.1 Å². The van der Waals surface area contributed by atoms with Crippen molar-refractivity contribution in [2.75, 3.05) is 19.5 Å². The molecule has 0 aliphatic carbocycles. The number of ether oxygens (including phenoxy) is 2. The number of benzene rings is 3. The van der Waals surface area contributed by atoms with Crippen LogP contribution in [0.3, 0.4) is 0 Å². The highest BCUT2D eigenvalue weighted by atomic mass is 32.1. The van der Waals surface area contributed by atoms with E-state index in [0.717, 1.165) is 20.9 Å². The molecule has 140 valence electrons. The molecule has 0 fully saturated rings. The summed E-state index contributed by atoms with van der Waals surface area (Å²) in [6, 6.07) is 18.9. The highest BCUT2D eigenvalue weighted by molar-refractivity contribution is 7.21. The summed E-state index contributed by atoms with van der Waals surface area (Å²) in [5, 5.41) is 5.59. The molecule has 0 saturated carbocycles. The molecule has 1 amide bonds. The lowest BCUT2D eigenvalue weighted by atomic mass is 10.0. The lowest BCUT2D eigenvalue weighted by molar-refractivity contribution is 0.0607. The van der Waals surface area contributed by atoms with Gasteiger partial charge in [-0.15, -0.1) is 11.3 Å². The van der Waals surface area contributed by atoms with Gasteiger partial charge < -0.3 is 14.8 Å². The smallest absolute Gasteiger partial charge is 0.350 e. The van der Waals surface area contributed by atoms with E-state index in [1.807, 2.05) is 54.6 Å². The average molecular weight is 391 g/mol. The molecule has 1 N–H and O–H groups in total. The molecular formula is C22H17NO4S. The Kier molecular flexibility index (Phi) is 4.71. The van der Waals surface area contributed by atoms with Gasteiger partial charge in [-0.3, -0.25) is 4.79 Å². The zero-order valence-electron chi connectivity index (χ0n) is 15.3. The summed E-state index contributed by atoms with van der Waals surface area (Å²) in [6.07, 6.45) is 0. The molecule has 0 radical (unpaired) electrons. The van der Waals surface area contributed by atoms with Gasteiger partial charge >= 0.3 is 5.97 Å². The zero-order valence-corrected chi connectivity index (χ0v) is 16.1. The van der Waals surface area contributed by atoms with Crippen LogP contribution in [0.15, 0.2) is 60.7 Å². The van der Waals surface area contributed by atoms with E-state index in [1.54, 1.807) is 6.07 Å². The van der Waals surface area contributed by atoms with Crippen LogP contribution in [0, 0.1) is 0 Å². The van der Waals surface area contributed by atoms with Gasteiger partial charge in [0.1, 0.15) is 10.6 Å². The van der Waals surface area contributed by atoms with Crippen LogP contribution in [0.25, 0.3) is 20.9 Å². The van der Waals surface area contributed by atoms with Gasteiger partial charge in [0.05, 0.1) is 25.5 Å². The van der Waals surface area contributed by atoms with Crippen LogP contribution < -0.4 is 10.1 Å². The number of rotatable bonds is 4. The van der Waals surface area contributed by atoms with E-state index in [2.05, 4.69) is 5.32 Å². The maximum atomic E-state index is 13.1. The Labute approximate surface area is 165 Å². The van der Waals surface area contributed by atoms with Crippen molar-refractivity contribution in [1.29, 1.82) is 0 Å². The first-order valence-corrected chi connectivity index (χ1v) is 9.42. The van der Waals surface area contributed by atoms with E-state index in [9.17, 15) is 9.59 Å². The second-order valence-electron chi connectivity index (χ2n) is 6.15. The molecule has 0 aliphatic heterocycles. The number of fused-ring (bicyclic) bond motifs is 2. The molecule has 0 atom stereocenters. The number of carbonyl (C=O) groups excluding carboxylic acids is 2. The van der Waals surface area contributed by atoms with Gasteiger partial charge in [-0.25, -0.2) is 4.79 Å². The molecule has 0 aliphatic rings. The van der Waals surface area contributed by atoms with Crippen molar-refractivity contribution in [2.45, 2.75) is 0 Å². The van der Waals surface area contributed by atoms with Crippen LogP contribution >= 0.6 is 11.3 Å². The van der Waals surface area contributed by atoms with Crippen molar-refractivity contribution in [1.82, 2.24) is 0 Å². The molecular weight excluding hydrogens is 374 g/mol. The van der Waals surface area contributed by atoms with Crippen LogP contribution in [0.1, 0.15) is 20.0 Å². The Morgan fingerprint density at radius 3 is 2.32 bits per heavy atom. The van der Waals surface area contributed by atoms with Crippen molar-refractivity contribution >= 4 is 49.8 Å². The van der Waals surface area contributed by atoms with Gasteiger partial charge in [-0.1, -0.05) is 42.5 Å². The van der Waals surface area contributed by atoms with Crippen LogP contribution in [-0.2, 0) is 4.74 Å². The summed E-state index contributed by atoms with van der Waals surface area (Å²) in [5.41, 5.74) is 0.847. The van der Waals surface area contributed by atoms with E-state index >= 15 is 0 Å². The Morgan fingerprint density at radius 1 is 0.929 bits per heavy atom. The molecule has 5 nitrogen and oxygen atoms in total. The van der Waals surface area contributed by atoms with Gasteiger partial charge in [-0.2, -0.15) is 0 Å². The second kappa shape index (κ2) is 7.32. The molecule has 1 heterocycles. The number of amides is 1. The Morgan fingerprint density at radius 2 is 1.61 bits per heavy atom. The Bertz CT molecular complexity index is 1210.